The van der Waals surface area contributed by atoms with Gasteiger partial charge >= 0.3 is 0 Å². The van der Waals surface area contributed by atoms with E-state index in [0.29, 0.717) is 12.8 Å². The van der Waals surface area contributed by atoms with Crippen molar-refractivity contribution in [2.75, 3.05) is 19.0 Å². The first-order chi connectivity index (χ1) is 6.33. The SMILES string of the molecule is CC(CCO)(CCO)CCS(=O)(=O)O. The Balaban J connectivity index is 4.22. The summed E-state index contributed by atoms with van der Waals surface area (Å²) in [5.41, 5.74) is -0.431. The van der Waals surface area contributed by atoms with Crippen molar-refractivity contribution < 1.29 is 23.2 Å². The standard InChI is InChI=1S/C8H18O5S/c1-8(2-5-9,3-6-10)4-7-14(11,12)13/h9-10H,2-7H2,1H3,(H,11,12,13). The second-order valence-corrected chi connectivity index (χ2v) is 5.37. The molecular weight excluding hydrogens is 208 g/mol. The number of hydrogen-bond acceptors (Lipinski definition) is 4. The van der Waals surface area contributed by atoms with Gasteiger partial charge in [0.15, 0.2) is 0 Å². The molecule has 0 spiro atoms. The lowest BCUT2D eigenvalue weighted by Crippen LogP contribution is -2.23. The maximum absolute atomic E-state index is 10.5. The zero-order valence-corrected chi connectivity index (χ0v) is 9.13. The third-order valence-corrected chi connectivity index (χ3v) is 3.11. The largest absolute Gasteiger partial charge is 0.396 e. The van der Waals surface area contributed by atoms with Gasteiger partial charge in [0.2, 0.25) is 0 Å². The van der Waals surface area contributed by atoms with Crippen LogP contribution in [0.25, 0.3) is 0 Å². The Morgan fingerprint density at radius 2 is 1.50 bits per heavy atom. The van der Waals surface area contributed by atoms with Crippen LogP contribution in [-0.4, -0.2) is 42.2 Å². The summed E-state index contributed by atoms with van der Waals surface area (Å²) in [6, 6.07) is 0. The van der Waals surface area contributed by atoms with Crippen molar-refractivity contribution in [3.63, 3.8) is 0 Å². The molecular formula is C8H18O5S. The van der Waals surface area contributed by atoms with Gasteiger partial charge in [0, 0.05) is 13.2 Å². The smallest absolute Gasteiger partial charge is 0.264 e. The molecule has 14 heavy (non-hydrogen) atoms. The fraction of sp³-hybridized carbons (Fsp3) is 1.00. The topological polar surface area (TPSA) is 94.8 Å². The third kappa shape index (κ3) is 6.31. The summed E-state index contributed by atoms with van der Waals surface area (Å²) in [7, 11) is -3.96. The average Bonchev–Trinajstić information content (AvgIpc) is 2.01. The first-order valence-electron chi connectivity index (χ1n) is 4.50. The van der Waals surface area contributed by atoms with Gasteiger partial charge in [0.1, 0.15) is 0 Å². The molecule has 3 N–H and O–H groups in total. The maximum Gasteiger partial charge on any atom is 0.264 e. The Hall–Kier alpha value is -0.170. The highest BCUT2D eigenvalue weighted by atomic mass is 32.2. The molecule has 0 unspecified atom stereocenters. The summed E-state index contributed by atoms with van der Waals surface area (Å²) in [5.74, 6) is -0.330. The van der Waals surface area contributed by atoms with Crippen LogP contribution in [0.2, 0.25) is 0 Å². The van der Waals surface area contributed by atoms with Crippen LogP contribution >= 0.6 is 0 Å². The van der Waals surface area contributed by atoms with Gasteiger partial charge < -0.3 is 10.2 Å². The van der Waals surface area contributed by atoms with Gasteiger partial charge in [0.05, 0.1) is 5.75 Å². The van der Waals surface area contributed by atoms with E-state index in [-0.39, 0.29) is 25.4 Å². The number of rotatable bonds is 7. The van der Waals surface area contributed by atoms with E-state index in [1.54, 1.807) is 6.92 Å². The fourth-order valence-electron chi connectivity index (χ4n) is 1.29. The minimum atomic E-state index is -3.96. The molecule has 0 bridgehead atoms. The highest BCUT2D eigenvalue weighted by molar-refractivity contribution is 7.85. The average molecular weight is 226 g/mol. The summed E-state index contributed by atoms with van der Waals surface area (Å²) in [5, 5.41) is 17.5. The van der Waals surface area contributed by atoms with Crippen molar-refractivity contribution in [3.05, 3.63) is 0 Å². The fourth-order valence-corrected chi connectivity index (χ4v) is 2.04. The van der Waals surface area contributed by atoms with Crippen LogP contribution in [0.3, 0.4) is 0 Å². The number of aliphatic hydroxyl groups excluding tert-OH is 2. The molecule has 5 nitrogen and oxygen atoms in total. The van der Waals surface area contributed by atoms with E-state index < -0.39 is 15.5 Å². The van der Waals surface area contributed by atoms with Crippen LogP contribution < -0.4 is 0 Å². The second kappa shape index (κ2) is 5.65. The van der Waals surface area contributed by atoms with E-state index in [9.17, 15) is 8.42 Å². The Morgan fingerprint density at radius 1 is 1.07 bits per heavy atom. The molecule has 6 heteroatoms. The second-order valence-electron chi connectivity index (χ2n) is 3.79. The van der Waals surface area contributed by atoms with Crippen molar-refractivity contribution in [2.45, 2.75) is 26.2 Å². The summed E-state index contributed by atoms with van der Waals surface area (Å²) in [6.07, 6.45) is 1.08. The molecule has 0 aliphatic carbocycles. The summed E-state index contributed by atoms with van der Waals surface area (Å²) < 4.78 is 29.6. The van der Waals surface area contributed by atoms with E-state index in [1.807, 2.05) is 0 Å². The Kier molecular flexibility index (Phi) is 5.58. The summed E-state index contributed by atoms with van der Waals surface area (Å²) in [4.78, 5) is 0. The van der Waals surface area contributed by atoms with Gasteiger partial charge in [-0.1, -0.05) is 6.92 Å². The van der Waals surface area contributed by atoms with E-state index in [0.717, 1.165) is 0 Å². The minimum Gasteiger partial charge on any atom is -0.396 e. The predicted octanol–water partition coefficient (Wildman–Crippen LogP) is 0.0354. The Bertz CT molecular complexity index is 240. The molecule has 0 amide bonds. The monoisotopic (exact) mass is 226 g/mol. The number of hydrogen-bond donors (Lipinski definition) is 3. The molecule has 0 radical (unpaired) electrons. The van der Waals surface area contributed by atoms with Crippen molar-refractivity contribution in [3.8, 4) is 0 Å². The van der Waals surface area contributed by atoms with Crippen LogP contribution in [0, 0.1) is 5.41 Å². The lowest BCUT2D eigenvalue weighted by molar-refractivity contribution is 0.145. The Labute approximate surface area is 84.5 Å². The van der Waals surface area contributed by atoms with Gasteiger partial charge in [-0.3, -0.25) is 4.55 Å². The quantitative estimate of drug-likeness (QED) is 0.533. The van der Waals surface area contributed by atoms with Crippen molar-refractivity contribution in [2.24, 2.45) is 5.41 Å². The molecule has 0 saturated carbocycles. The lowest BCUT2D eigenvalue weighted by atomic mass is 9.81. The Morgan fingerprint density at radius 3 is 1.79 bits per heavy atom. The van der Waals surface area contributed by atoms with E-state index in [4.69, 9.17) is 14.8 Å². The van der Waals surface area contributed by atoms with Gasteiger partial charge in [-0.05, 0) is 24.7 Å². The molecule has 0 fully saturated rings. The summed E-state index contributed by atoms with van der Waals surface area (Å²) in [6.45, 7) is 1.68. The van der Waals surface area contributed by atoms with Crippen LogP contribution in [0.5, 0.6) is 0 Å². The van der Waals surface area contributed by atoms with Crippen LogP contribution in [-0.2, 0) is 10.1 Å². The van der Waals surface area contributed by atoms with Crippen LogP contribution in [0.15, 0.2) is 0 Å². The normalized spacial score (nSPS) is 13.1. The zero-order chi connectivity index (χ0) is 11.2. The minimum absolute atomic E-state index is 0.0536. The van der Waals surface area contributed by atoms with Crippen molar-refractivity contribution >= 4 is 10.1 Å². The molecule has 0 saturated heterocycles. The first-order valence-corrected chi connectivity index (χ1v) is 6.11. The highest BCUT2D eigenvalue weighted by Gasteiger charge is 2.25. The molecule has 0 aromatic carbocycles. The molecule has 86 valence electrons. The van der Waals surface area contributed by atoms with E-state index in [1.165, 1.54) is 0 Å². The molecule has 0 aromatic rings. The lowest BCUT2D eigenvalue weighted by Gasteiger charge is -2.27. The highest BCUT2D eigenvalue weighted by Crippen LogP contribution is 2.29. The van der Waals surface area contributed by atoms with Gasteiger partial charge in [-0.2, -0.15) is 8.42 Å². The molecule has 0 atom stereocenters. The zero-order valence-electron chi connectivity index (χ0n) is 8.31. The van der Waals surface area contributed by atoms with Crippen molar-refractivity contribution in [1.82, 2.24) is 0 Å². The molecule has 0 aromatic heterocycles. The third-order valence-electron chi connectivity index (χ3n) is 2.39. The summed E-state index contributed by atoms with van der Waals surface area (Å²) >= 11 is 0. The van der Waals surface area contributed by atoms with Crippen LogP contribution in [0.1, 0.15) is 26.2 Å². The van der Waals surface area contributed by atoms with Gasteiger partial charge in [-0.15, -0.1) is 0 Å². The molecule has 0 aliphatic heterocycles. The first kappa shape index (κ1) is 13.8. The van der Waals surface area contributed by atoms with Crippen LogP contribution in [0.4, 0.5) is 0 Å². The van der Waals surface area contributed by atoms with Crippen molar-refractivity contribution in [1.29, 1.82) is 0 Å². The van der Waals surface area contributed by atoms with Gasteiger partial charge in [0.25, 0.3) is 10.1 Å². The predicted molar refractivity (Wildman–Crippen MR) is 52.5 cm³/mol. The molecule has 0 aliphatic rings. The van der Waals surface area contributed by atoms with E-state index in [2.05, 4.69) is 0 Å². The van der Waals surface area contributed by atoms with Gasteiger partial charge in [-0.25, -0.2) is 0 Å². The maximum atomic E-state index is 10.5. The molecule has 0 rings (SSSR count). The molecule has 0 heterocycles. The van der Waals surface area contributed by atoms with E-state index >= 15 is 0 Å². The number of aliphatic hydroxyl groups is 2.